The second kappa shape index (κ2) is 6.82. The second-order valence-corrected chi connectivity index (χ2v) is 4.45. The van der Waals surface area contributed by atoms with E-state index in [1.807, 2.05) is 30.3 Å². The van der Waals surface area contributed by atoms with Crippen LogP contribution in [0.25, 0.3) is 0 Å². The third-order valence-corrected chi connectivity index (χ3v) is 2.90. The molecule has 1 atom stereocenters. The van der Waals surface area contributed by atoms with Gasteiger partial charge in [0.1, 0.15) is 5.82 Å². The van der Waals surface area contributed by atoms with Crippen molar-refractivity contribution in [3.63, 3.8) is 0 Å². The molecule has 0 unspecified atom stereocenters. The number of rotatable bonds is 6. The SMILES string of the molecule is O=C(O)[C@H](Cc1ccc(F)cc1)OCc1ccccc1. The Balaban J connectivity index is 1.97. The molecule has 0 aliphatic rings. The van der Waals surface area contributed by atoms with Gasteiger partial charge in [-0.15, -0.1) is 0 Å². The molecule has 0 saturated heterocycles. The maximum Gasteiger partial charge on any atom is 0.333 e. The van der Waals surface area contributed by atoms with E-state index < -0.39 is 12.1 Å². The van der Waals surface area contributed by atoms with Gasteiger partial charge < -0.3 is 9.84 Å². The summed E-state index contributed by atoms with van der Waals surface area (Å²) in [7, 11) is 0. The molecule has 0 bridgehead atoms. The Morgan fingerprint density at radius 2 is 1.70 bits per heavy atom. The minimum Gasteiger partial charge on any atom is -0.479 e. The highest BCUT2D eigenvalue weighted by atomic mass is 19.1. The topological polar surface area (TPSA) is 46.5 Å². The Morgan fingerprint density at radius 1 is 1.05 bits per heavy atom. The Morgan fingerprint density at radius 3 is 2.30 bits per heavy atom. The van der Waals surface area contributed by atoms with Gasteiger partial charge in [0.05, 0.1) is 6.61 Å². The number of aliphatic carboxylic acids is 1. The van der Waals surface area contributed by atoms with Crippen LogP contribution in [0.2, 0.25) is 0 Å². The molecule has 0 amide bonds. The monoisotopic (exact) mass is 274 g/mol. The van der Waals surface area contributed by atoms with Crippen molar-refractivity contribution >= 4 is 5.97 Å². The Hall–Kier alpha value is -2.20. The molecule has 0 fully saturated rings. The maximum absolute atomic E-state index is 12.8. The van der Waals surface area contributed by atoms with Crippen LogP contribution in [0.15, 0.2) is 54.6 Å². The summed E-state index contributed by atoms with van der Waals surface area (Å²) < 4.78 is 18.2. The van der Waals surface area contributed by atoms with Crippen LogP contribution in [-0.4, -0.2) is 17.2 Å². The highest BCUT2D eigenvalue weighted by Gasteiger charge is 2.18. The number of hydrogen-bond acceptors (Lipinski definition) is 2. The number of benzene rings is 2. The van der Waals surface area contributed by atoms with Crippen molar-refractivity contribution in [2.24, 2.45) is 0 Å². The third-order valence-electron chi connectivity index (χ3n) is 2.90. The van der Waals surface area contributed by atoms with Crippen molar-refractivity contribution in [1.82, 2.24) is 0 Å². The number of ether oxygens (including phenoxy) is 1. The van der Waals surface area contributed by atoms with E-state index in [1.54, 1.807) is 12.1 Å². The van der Waals surface area contributed by atoms with Gasteiger partial charge in [0.2, 0.25) is 0 Å². The normalized spacial score (nSPS) is 12.1. The Kier molecular flexibility index (Phi) is 4.85. The van der Waals surface area contributed by atoms with Crippen LogP contribution in [0.5, 0.6) is 0 Å². The van der Waals surface area contributed by atoms with Gasteiger partial charge in [-0.1, -0.05) is 42.5 Å². The number of hydrogen-bond donors (Lipinski definition) is 1. The van der Waals surface area contributed by atoms with Crippen LogP contribution in [-0.2, 0) is 22.6 Å². The lowest BCUT2D eigenvalue weighted by Gasteiger charge is -2.14. The van der Waals surface area contributed by atoms with Crippen molar-refractivity contribution in [1.29, 1.82) is 0 Å². The van der Waals surface area contributed by atoms with Gasteiger partial charge in [-0.25, -0.2) is 9.18 Å². The first-order chi connectivity index (χ1) is 9.65. The Bertz CT molecular complexity index is 552. The molecule has 3 nitrogen and oxygen atoms in total. The van der Waals surface area contributed by atoms with Crippen molar-refractivity contribution in [2.75, 3.05) is 0 Å². The lowest BCUT2D eigenvalue weighted by atomic mass is 10.1. The van der Waals surface area contributed by atoms with E-state index >= 15 is 0 Å². The van der Waals surface area contributed by atoms with Gasteiger partial charge in [0.15, 0.2) is 6.10 Å². The van der Waals surface area contributed by atoms with Crippen LogP contribution in [0.1, 0.15) is 11.1 Å². The second-order valence-electron chi connectivity index (χ2n) is 4.45. The summed E-state index contributed by atoms with van der Waals surface area (Å²) in [5.74, 6) is -1.36. The molecular formula is C16H15FO3. The number of carboxylic acid groups (broad SMARTS) is 1. The van der Waals surface area contributed by atoms with E-state index in [1.165, 1.54) is 12.1 Å². The van der Waals surface area contributed by atoms with Crippen LogP contribution in [0.3, 0.4) is 0 Å². The van der Waals surface area contributed by atoms with Crippen LogP contribution in [0.4, 0.5) is 4.39 Å². The van der Waals surface area contributed by atoms with Crippen molar-refractivity contribution < 1.29 is 19.0 Å². The van der Waals surface area contributed by atoms with Crippen LogP contribution in [0, 0.1) is 5.82 Å². The molecule has 0 aliphatic carbocycles. The first-order valence-electron chi connectivity index (χ1n) is 6.28. The van der Waals surface area contributed by atoms with Crippen molar-refractivity contribution in [3.05, 3.63) is 71.5 Å². The predicted octanol–water partition coefficient (Wildman–Crippen LogP) is 3.04. The molecule has 0 spiro atoms. The lowest BCUT2D eigenvalue weighted by Crippen LogP contribution is -2.26. The average molecular weight is 274 g/mol. The van der Waals surface area contributed by atoms with Gasteiger partial charge in [-0.3, -0.25) is 0 Å². The minimum atomic E-state index is -1.02. The smallest absolute Gasteiger partial charge is 0.333 e. The quantitative estimate of drug-likeness (QED) is 0.880. The van der Waals surface area contributed by atoms with Crippen LogP contribution >= 0.6 is 0 Å². The molecule has 4 heteroatoms. The fourth-order valence-corrected chi connectivity index (χ4v) is 1.82. The molecular weight excluding hydrogens is 259 g/mol. The summed E-state index contributed by atoms with van der Waals surface area (Å²) in [6.07, 6.45) is -0.733. The number of carbonyl (C=O) groups is 1. The van der Waals surface area contributed by atoms with Gasteiger partial charge in [-0.2, -0.15) is 0 Å². The molecule has 2 aromatic rings. The Labute approximate surface area is 116 Å². The summed E-state index contributed by atoms with van der Waals surface area (Å²) >= 11 is 0. The van der Waals surface area contributed by atoms with Gasteiger partial charge >= 0.3 is 5.97 Å². The molecule has 1 N–H and O–H groups in total. The number of carboxylic acids is 1. The number of halogens is 1. The molecule has 0 aromatic heterocycles. The van der Waals surface area contributed by atoms with E-state index in [9.17, 15) is 9.18 Å². The summed E-state index contributed by atoms with van der Waals surface area (Å²) in [6, 6.07) is 15.1. The molecule has 0 saturated carbocycles. The summed E-state index contributed by atoms with van der Waals surface area (Å²) in [5, 5.41) is 9.17. The average Bonchev–Trinajstić information content (AvgIpc) is 2.46. The van der Waals surface area contributed by atoms with E-state index in [0.717, 1.165) is 11.1 Å². The van der Waals surface area contributed by atoms with E-state index in [2.05, 4.69) is 0 Å². The highest BCUT2D eigenvalue weighted by molar-refractivity contribution is 5.72. The maximum atomic E-state index is 12.8. The summed E-state index contributed by atoms with van der Waals surface area (Å²) in [6.45, 7) is 0.235. The minimum absolute atomic E-state index is 0.211. The molecule has 0 heterocycles. The lowest BCUT2D eigenvalue weighted by molar-refractivity contribution is -0.151. The molecule has 2 aromatic carbocycles. The van der Waals surface area contributed by atoms with Crippen molar-refractivity contribution in [2.45, 2.75) is 19.1 Å². The molecule has 2 rings (SSSR count). The van der Waals surface area contributed by atoms with Crippen LogP contribution < -0.4 is 0 Å². The fraction of sp³-hybridized carbons (Fsp3) is 0.188. The first kappa shape index (κ1) is 14.2. The summed E-state index contributed by atoms with van der Waals surface area (Å²) in [5.41, 5.74) is 1.64. The third kappa shape index (κ3) is 4.17. The largest absolute Gasteiger partial charge is 0.479 e. The summed E-state index contributed by atoms with van der Waals surface area (Å²) in [4.78, 5) is 11.2. The molecule has 20 heavy (non-hydrogen) atoms. The molecule has 0 aliphatic heterocycles. The van der Waals surface area contributed by atoms with E-state index in [0.29, 0.717) is 0 Å². The zero-order valence-electron chi connectivity index (χ0n) is 10.8. The fourth-order valence-electron chi connectivity index (χ4n) is 1.82. The standard InChI is InChI=1S/C16H15FO3/c17-14-8-6-12(7-9-14)10-15(16(18)19)20-11-13-4-2-1-3-5-13/h1-9,15H,10-11H2,(H,18,19)/t15-/m0/s1. The molecule has 0 radical (unpaired) electrons. The highest BCUT2D eigenvalue weighted by Crippen LogP contribution is 2.11. The zero-order chi connectivity index (χ0) is 14.4. The van der Waals surface area contributed by atoms with E-state index in [-0.39, 0.29) is 18.8 Å². The van der Waals surface area contributed by atoms with Gasteiger partial charge in [0.25, 0.3) is 0 Å². The predicted molar refractivity (Wildman–Crippen MR) is 72.8 cm³/mol. The first-order valence-corrected chi connectivity index (χ1v) is 6.28. The van der Waals surface area contributed by atoms with Crippen molar-refractivity contribution in [3.8, 4) is 0 Å². The van der Waals surface area contributed by atoms with Gasteiger partial charge in [-0.05, 0) is 23.3 Å². The zero-order valence-corrected chi connectivity index (χ0v) is 10.8. The molecule has 104 valence electrons. The van der Waals surface area contributed by atoms with Gasteiger partial charge in [0, 0.05) is 6.42 Å². The van der Waals surface area contributed by atoms with E-state index in [4.69, 9.17) is 9.84 Å².